The van der Waals surface area contributed by atoms with Gasteiger partial charge in [-0.1, -0.05) is 48.5 Å². The molecule has 35 heavy (non-hydrogen) atoms. The Morgan fingerprint density at radius 3 is 2.23 bits per heavy atom. The van der Waals surface area contributed by atoms with Crippen LogP contribution in [0.25, 0.3) is 11.1 Å². The maximum Gasteiger partial charge on any atom is 0.408 e. The number of nitrogens with zero attached hydrogens (tertiary/aromatic N) is 2. The first-order chi connectivity index (χ1) is 16.9. The van der Waals surface area contributed by atoms with Gasteiger partial charge in [0.05, 0.1) is 6.20 Å². The van der Waals surface area contributed by atoms with Crippen LogP contribution in [0.4, 0.5) is 4.79 Å². The van der Waals surface area contributed by atoms with Crippen molar-refractivity contribution in [1.82, 2.24) is 20.4 Å². The molecule has 2 aromatic carbocycles. The summed E-state index contributed by atoms with van der Waals surface area (Å²) in [6.07, 6.45) is 1.93. The summed E-state index contributed by atoms with van der Waals surface area (Å²) in [6.45, 7) is -0.363. The summed E-state index contributed by atoms with van der Waals surface area (Å²) in [5.41, 5.74) is 4.64. The smallest absolute Gasteiger partial charge is 0.408 e. The molecule has 3 aromatic rings. The Morgan fingerprint density at radius 1 is 1.06 bits per heavy atom. The average Bonchev–Trinajstić information content (AvgIpc) is 3.42. The largest absolute Gasteiger partial charge is 0.480 e. The quantitative estimate of drug-likeness (QED) is 0.368. The summed E-state index contributed by atoms with van der Waals surface area (Å²) >= 11 is 0. The summed E-state index contributed by atoms with van der Waals surface area (Å²) in [7, 11) is 1.65. The van der Waals surface area contributed by atoms with Gasteiger partial charge in [-0.2, -0.15) is 5.10 Å². The van der Waals surface area contributed by atoms with Crippen molar-refractivity contribution in [3.8, 4) is 11.1 Å². The Labute approximate surface area is 201 Å². The molecule has 10 nitrogen and oxygen atoms in total. The minimum atomic E-state index is -1.31. The van der Waals surface area contributed by atoms with E-state index in [9.17, 15) is 19.5 Å². The number of aromatic nitrogens is 2. The molecule has 0 radical (unpaired) electrons. The van der Waals surface area contributed by atoms with Gasteiger partial charge >= 0.3 is 12.1 Å². The van der Waals surface area contributed by atoms with Gasteiger partial charge < -0.3 is 25.6 Å². The molecule has 10 heteroatoms. The van der Waals surface area contributed by atoms with E-state index in [2.05, 4.69) is 15.7 Å². The molecule has 0 bridgehead atoms. The molecule has 2 amide bonds. The Kier molecular flexibility index (Phi) is 7.11. The van der Waals surface area contributed by atoms with E-state index in [0.717, 1.165) is 22.3 Å². The molecule has 0 aliphatic heterocycles. The molecule has 0 saturated carbocycles. The van der Waals surface area contributed by atoms with Crippen LogP contribution in [0.5, 0.6) is 0 Å². The van der Waals surface area contributed by atoms with Crippen LogP contribution < -0.4 is 10.6 Å². The number of amides is 2. The number of ether oxygens (including phenoxy) is 1. The van der Waals surface area contributed by atoms with Gasteiger partial charge in [-0.15, -0.1) is 0 Å². The van der Waals surface area contributed by atoms with Crippen LogP contribution in [-0.4, -0.2) is 57.2 Å². The van der Waals surface area contributed by atoms with Gasteiger partial charge in [-0.05, 0) is 22.3 Å². The Morgan fingerprint density at radius 2 is 1.69 bits per heavy atom. The number of rotatable bonds is 9. The molecule has 0 fully saturated rings. The lowest BCUT2D eigenvalue weighted by molar-refractivity contribution is -0.142. The molecular formula is C25H26N4O6. The monoisotopic (exact) mass is 478 g/mol. The maximum atomic E-state index is 12.9. The number of carbonyl (C=O) groups is 3. The highest BCUT2D eigenvalue weighted by Crippen LogP contribution is 2.44. The van der Waals surface area contributed by atoms with E-state index in [1.807, 2.05) is 48.5 Å². The SMILES string of the molecule is Cn1cc(C(NC(=O)OCC2c3ccccc3-c3ccccc32)C(=O)NC(CCO)C(=O)O)cn1. The topological polar surface area (TPSA) is 143 Å². The van der Waals surface area contributed by atoms with E-state index < -0.39 is 36.7 Å². The number of aliphatic hydroxyl groups is 1. The first kappa shape index (κ1) is 24.0. The molecule has 1 aromatic heterocycles. The molecule has 1 aliphatic carbocycles. The van der Waals surface area contributed by atoms with Crippen LogP contribution >= 0.6 is 0 Å². The zero-order chi connectivity index (χ0) is 24.9. The van der Waals surface area contributed by atoms with Gasteiger partial charge in [0.1, 0.15) is 18.7 Å². The number of carboxylic acids is 1. The van der Waals surface area contributed by atoms with Crippen LogP contribution in [0, 0.1) is 0 Å². The maximum absolute atomic E-state index is 12.9. The zero-order valence-corrected chi connectivity index (χ0v) is 19.0. The van der Waals surface area contributed by atoms with Crippen molar-refractivity contribution in [2.75, 3.05) is 13.2 Å². The van der Waals surface area contributed by atoms with Crippen molar-refractivity contribution in [3.63, 3.8) is 0 Å². The van der Waals surface area contributed by atoms with E-state index in [1.54, 1.807) is 7.05 Å². The molecule has 2 atom stereocenters. The number of hydrogen-bond donors (Lipinski definition) is 4. The van der Waals surface area contributed by atoms with Crippen LogP contribution in [0.2, 0.25) is 0 Å². The normalized spacial score (nSPS) is 13.9. The minimum Gasteiger partial charge on any atom is -0.480 e. The van der Waals surface area contributed by atoms with E-state index >= 15 is 0 Å². The number of carboxylic acid groups (broad SMARTS) is 1. The Hall–Kier alpha value is -4.18. The Bertz CT molecular complexity index is 1190. The van der Waals surface area contributed by atoms with Crippen LogP contribution in [-0.2, 0) is 21.4 Å². The van der Waals surface area contributed by atoms with Crippen molar-refractivity contribution < 1.29 is 29.3 Å². The lowest BCUT2D eigenvalue weighted by atomic mass is 9.98. The van der Waals surface area contributed by atoms with Crippen molar-refractivity contribution >= 4 is 18.0 Å². The third kappa shape index (κ3) is 5.17. The molecule has 182 valence electrons. The van der Waals surface area contributed by atoms with Crippen molar-refractivity contribution in [2.45, 2.75) is 24.4 Å². The highest BCUT2D eigenvalue weighted by Gasteiger charge is 2.31. The summed E-state index contributed by atoms with van der Waals surface area (Å²) in [6, 6.07) is 13.3. The number of aliphatic carboxylic acids is 1. The van der Waals surface area contributed by atoms with E-state index in [0.29, 0.717) is 5.56 Å². The van der Waals surface area contributed by atoms with Crippen LogP contribution in [0.1, 0.15) is 35.1 Å². The van der Waals surface area contributed by atoms with Gasteiger partial charge in [0.25, 0.3) is 0 Å². The summed E-state index contributed by atoms with van der Waals surface area (Å²) in [5.74, 6) is -2.20. The summed E-state index contributed by atoms with van der Waals surface area (Å²) in [4.78, 5) is 37.1. The number of alkyl carbamates (subject to hydrolysis) is 1. The fourth-order valence-electron chi connectivity index (χ4n) is 4.29. The second-order valence-electron chi connectivity index (χ2n) is 8.26. The highest BCUT2D eigenvalue weighted by atomic mass is 16.5. The molecule has 4 N–H and O–H groups in total. The first-order valence-corrected chi connectivity index (χ1v) is 11.1. The Balaban J connectivity index is 1.48. The number of nitrogens with one attached hydrogen (secondary N) is 2. The molecule has 2 unspecified atom stereocenters. The molecule has 4 rings (SSSR count). The number of hydrogen-bond acceptors (Lipinski definition) is 6. The fraction of sp³-hybridized carbons (Fsp3) is 0.280. The molecule has 1 aliphatic rings. The van der Waals surface area contributed by atoms with Crippen molar-refractivity contribution in [1.29, 1.82) is 0 Å². The van der Waals surface area contributed by atoms with E-state index in [4.69, 9.17) is 9.84 Å². The number of aryl methyl sites for hydroxylation is 1. The minimum absolute atomic E-state index is 0.0590. The fourth-order valence-corrected chi connectivity index (χ4v) is 4.29. The highest BCUT2D eigenvalue weighted by molar-refractivity contribution is 5.90. The van der Waals surface area contributed by atoms with E-state index in [-0.39, 0.29) is 18.9 Å². The standard InChI is InChI=1S/C25H26N4O6/c1-29-13-15(12-26-29)22(23(31)27-21(10-11-30)24(32)33)28-25(34)35-14-20-18-8-4-2-6-16(18)17-7-3-5-9-19(17)20/h2-9,12-13,20-22,30H,10-11,14H2,1H3,(H,27,31)(H,28,34)(H,32,33). The van der Waals surface area contributed by atoms with Gasteiger partial charge in [-0.3, -0.25) is 9.48 Å². The van der Waals surface area contributed by atoms with Gasteiger partial charge in [-0.25, -0.2) is 9.59 Å². The van der Waals surface area contributed by atoms with Crippen LogP contribution in [0.15, 0.2) is 60.9 Å². The van der Waals surface area contributed by atoms with Crippen molar-refractivity contribution in [2.24, 2.45) is 7.05 Å². The number of benzene rings is 2. The van der Waals surface area contributed by atoms with Gasteiger partial charge in [0, 0.05) is 37.8 Å². The number of fused-ring (bicyclic) bond motifs is 3. The van der Waals surface area contributed by atoms with E-state index in [1.165, 1.54) is 17.1 Å². The third-order valence-corrected chi connectivity index (χ3v) is 5.96. The lowest BCUT2D eigenvalue weighted by Crippen LogP contribution is -2.47. The predicted molar refractivity (Wildman–Crippen MR) is 125 cm³/mol. The lowest BCUT2D eigenvalue weighted by Gasteiger charge is -2.21. The van der Waals surface area contributed by atoms with Gasteiger partial charge in [0.2, 0.25) is 5.91 Å². The van der Waals surface area contributed by atoms with Crippen molar-refractivity contribution in [3.05, 3.63) is 77.6 Å². The summed E-state index contributed by atoms with van der Waals surface area (Å²) < 4.78 is 6.99. The average molecular weight is 479 g/mol. The second kappa shape index (κ2) is 10.4. The molecular weight excluding hydrogens is 452 g/mol. The predicted octanol–water partition coefficient (Wildman–Crippen LogP) is 1.95. The second-order valence-corrected chi connectivity index (χ2v) is 8.26. The van der Waals surface area contributed by atoms with Crippen LogP contribution in [0.3, 0.4) is 0 Å². The zero-order valence-electron chi connectivity index (χ0n) is 19.0. The number of aliphatic hydroxyl groups excluding tert-OH is 1. The third-order valence-electron chi connectivity index (χ3n) is 5.96. The molecule has 0 saturated heterocycles. The first-order valence-electron chi connectivity index (χ1n) is 11.1. The number of carbonyl (C=O) groups excluding carboxylic acids is 2. The molecule has 1 heterocycles. The van der Waals surface area contributed by atoms with Gasteiger partial charge in [0.15, 0.2) is 0 Å². The molecule has 0 spiro atoms. The summed E-state index contributed by atoms with van der Waals surface area (Å²) in [5, 5.41) is 27.3.